The van der Waals surface area contributed by atoms with Gasteiger partial charge in [-0.3, -0.25) is 19.2 Å². The monoisotopic (exact) mass is 421 g/mol. The number of rotatable bonds is 9. The van der Waals surface area contributed by atoms with Crippen LogP contribution in [-0.2, 0) is 21.4 Å². The van der Waals surface area contributed by atoms with E-state index in [1.165, 1.54) is 25.1 Å². The van der Waals surface area contributed by atoms with Gasteiger partial charge >= 0.3 is 0 Å². The predicted octanol–water partition coefficient (Wildman–Crippen LogP) is 2.46. The number of non-ortho nitro benzene ring substituents is 1. The Kier molecular flexibility index (Phi) is 7.16. The average molecular weight is 421 g/mol. The summed E-state index contributed by atoms with van der Waals surface area (Å²) in [4.78, 5) is 23.0. The molecule has 0 aliphatic rings. The van der Waals surface area contributed by atoms with Crippen molar-refractivity contribution in [3.8, 4) is 5.75 Å². The summed E-state index contributed by atoms with van der Waals surface area (Å²) < 4.78 is 30.9. The molecule has 0 saturated carbocycles. The van der Waals surface area contributed by atoms with Crippen molar-refractivity contribution in [1.29, 1.82) is 0 Å². The van der Waals surface area contributed by atoms with E-state index in [-0.39, 0.29) is 17.9 Å². The Bertz CT molecular complexity index is 993. The van der Waals surface area contributed by atoms with Gasteiger partial charge in [0.1, 0.15) is 11.8 Å². The van der Waals surface area contributed by atoms with Crippen LogP contribution < -0.4 is 14.4 Å². The highest BCUT2D eigenvalue weighted by Gasteiger charge is 2.29. The Labute approximate surface area is 169 Å². The summed E-state index contributed by atoms with van der Waals surface area (Å²) in [5.41, 5.74) is 0.567. The minimum absolute atomic E-state index is 0.0442. The molecule has 0 spiro atoms. The molecule has 0 radical (unpaired) electrons. The number of hydrogen-bond donors (Lipinski definition) is 1. The average Bonchev–Trinajstić information content (AvgIpc) is 2.66. The summed E-state index contributed by atoms with van der Waals surface area (Å²) >= 11 is 0. The minimum Gasteiger partial charge on any atom is -0.494 e. The molecule has 29 heavy (non-hydrogen) atoms. The number of nitro benzene ring substituents is 1. The van der Waals surface area contributed by atoms with Gasteiger partial charge < -0.3 is 10.1 Å². The lowest BCUT2D eigenvalue weighted by Crippen LogP contribution is -2.47. The summed E-state index contributed by atoms with van der Waals surface area (Å²) in [5.74, 6) is 0.130. The van der Waals surface area contributed by atoms with Crippen molar-refractivity contribution in [2.75, 3.05) is 17.2 Å². The van der Waals surface area contributed by atoms with Gasteiger partial charge in [-0.15, -0.1) is 0 Å². The van der Waals surface area contributed by atoms with E-state index in [1.54, 1.807) is 18.2 Å². The second-order valence-electron chi connectivity index (χ2n) is 6.31. The molecular formula is C19H23N3O6S. The van der Waals surface area contributed by atoms with Crippen molar-refractivity contribution in [2.24, 2.45) is 0 Å². The molecule has 0 saturated heterocycles. The van der Waals surface area contributed by atoms with E-state index in [0.717, 1.165) is 22.2 Å². The Morgan fingerprint density at radius 3 is 2.55 bits per heavy atom. The number of carbonyl (C=O) groups is 1. The number of carbonyl (C=O) groups excluding carboxylic acids is 1. The number of amides is 1. The van der Waals surface area contributed by atoms with Gasteiger partial charge in [-0.05, 0) is 37.6 Å². The van der Waals surface area contributed by atoms with E-state index in [4.69, 9.17) is 4.74 Å². The van der Waals surface area contributed by atoms with Gasteiger partial charge in [-0.25, -0.2) is 8.42 Å². The van der Waals surface area contributed by atoms with Crippen LogP contribution in [0.25, 0.3) is 0 Å². The van der Waals surface area contributed by atoms with E-state index in [1.807, 2.05) is 13.0 Å². The molecule has 0 heterocycles. The van der Waals surface area contributed by atoms with Gasteiger partial charge in [0, 0.05) is 18.7 Å². The largest absolute Gasteiger partial charge is 0.494 e. The molecule has 0 aromatic heterocycles. The number of nitro groups is 1. The summed E-state index contributed by atoms with van der Waals surface area (Å²) in [6, 6.07) is 11.2. The molecule has 156 valence electrons. The first-order valence-electron chi connectivity index (χ1n) is 8.86. The minimum atomic E-state index is -3.87. The third-order valence-corrected chi connectivity index (χ3v) is 5.30. The number of sulfonamides is 1. The first kappa shape index (κ1) is 22.2. The SMILES string of the molecule is CCOc1cccc(CNC(=O)[C@@H](C)N(c2cccc([N+](=O)[O-])c2)S(C)(=O)=O)c1. The summed E-state index contributed by atoms with van der Waals surface area (Å²) in [6.45, 7) is 3.98. The van der Waals surface area contributed by atoms with Crippen molar-refractivity contribution >= 4 is 27.3 Å². The highest BCUT2D eigenvalue weighted by molar-refractivity contribution is 7.92. The molecule has 2 aromatic rings. The highest BCUT2D eigenvalue weighted by Crippen LogP contribution is 2.25. The third kappa shape index (κ3) is 5.92. The van der Waals surface area contributed by atoms with Crippen LogP contribution in [0.15, 0.2) is 48.5 Å². The number of benzene rings is 2. The summed E-state index contributed by atoms with van der Waals surface area (Å²) in [7, 11) is -3.87. The fraction of sp³-hybridized carbons (Fsp3) is 0.316. The lowest BCUT2D eigenvalue weighted by atomic mass is 10.2. The maximum atomic E-state index is 12.6. The number of nitrogens with one attached hydrogen (secondary N) is 1. The third-order valence-electron chi connectivity index (χ3n) is 4.06. The number of ether oxygens (including phenoxy) is 1. The first-order chi connectivity index (χ1) is 13.6. The van der Waals surface area contributed by atoms with Gasteiger partial charge in [-0.2, -0.15) is 0 Å². The number of anilines is 1. The highest BCUT2D eigenvalue weighted by atomic mass is 32.2. The van der Waals surface area contributed by atoms with Crippen LogP contribution in [0.1, 0.15) is 19.4 Å². The molecule has 0 unspecified atom stereocenters. The maximum Gasteiger partial charge on any atom is 0.271 e. The van der Waals surface area contributed by atoms with Crippen molar-refractivity contribution < 1.29 is 22.9 Å². The quantitative estimate of drug-likeness (QED) is 0.491. The number of hydrogen-bond acceptors (Lipinski definition) is 6. The standard InChI is InChI=1S/C19H23N3O6S/c1-4-28-18-10-5-7-15(11-18)13-20-19(23)14(2)21(29(3,26)27)16-8-6-9-17(12-16)22(24)25/h5-12,14H,4,13H2,1-3H3,(H,20,23)/t14-/m1/s1. The molecule has 0 fully saturated rings. The molecular weight excluding hydrogens is 398 g/mol. The zero-order valence-electron chi connectivity index (χ0n) is 16.4. The molecule has 0 aliphatic heterocycles. The van der Waals surface area contributed by atoms with Crippen LogP contribution in [-0.4, -0.2) is 38.2 Å². The second-order valence-corrected chi connectivity index (χ2v) is 8.17. The van der Waals surface area contributed by atoms with Crippen LogP contribution in [0.4, 0.5) is 11.4 Å². The van der Waals surface area contributed by atoms with Crippen molar-refractivity contribution in [2.45, 2.75) is 26.4 Å². The van der Waals surface area contributed by atoms with E-state index >= 15 is 0 Å². The topological polar surface area (TPSA) is 119 Å². The molecule has 0 bridgehead atoms. The van der Waals surface area contributed by atoms with Crippen LogP contribution in [0.5, 0.6) is 5.75 Å². The van der Waals surface area contributed by atoms with E-state index in [9.17, 15) is 23.3 Å². The Balaban J connectivity index is 2.20. The fourth-order valence-corrected chi connectivity index (χ4v) is 3.97. The first-order valence-corrected chi connectivity index (χ1v) is 10.7. The smallest absolute Gasteiger partial charge is 0.271 e. The van der Waals surface area contributed by atoms with Crippen molar-refractivity contribution in [3.05, 3.63) is 64.2 Å². The van der Waals surface area contributed by atoms with Crippen LogP contribution in [0, 0.1) is 10.1 Å². The second kappa shape index (κ2) is 9.37. The fourth-order valence-electron chi connectivity index (χ4n) is 2.80. The zero-order valence-corrected chi connectivity index (χ0v) is 17.2. The van der Waals surface area contributed by atoms with Gasteiger partial charge in [0.2, 0.25) is 15.9 Å². The van der Waals surface area contributed by atoms with Gasteiger partial charge in [0.15, 0.2) is 0 Å². The van der Waals surface area contributed by atoms with E-state index < -0.39 is 26.9 Å². The normalized spacial score (nSPS) is 12.1. The lowest BCUT2D eigenvalue weighted by molar-refractivity contribution is -0.384. The summed E-state index contributed by atoms with van der Waals surface area (Å²) in [5, 5.41) is 13.7. The molecule has 9 nitrogen and oxygen atoms in total. The van der Waals surface area contributed by atoms with Crippen LogP contribution in [0.2, 0.25) is 0 Å². The Hall–Kier alpha value is -3.14. The van der Waals surface area contributed by atoms with Gasteiger partial charge in [-0.1, -0.05) is 18.2 Å². The van der Waals surface area contributed by atoms with Crippen LogP contribution in [0.3, 0.4) is 0 Å². The molecule has 0 aliphatic carbocycles. The lowest BCUT2D eigenvalue weighted by Gasteiger charge is -2.28. The Morgan fingerprint density at radius 1 is 1.24 bits per heavy atom. The zero-order chi connectivity index (χ0) is 21.6. The molecule has 2 rings (SSSR count). The number of nitrogens with zero attached hydrogens (tertiary/aromatic N) is 2. The maximum absolute atomic E-state index is 12.6. The van der Waals surface area contributed by atoms with Crippen molar-refractivity contribution in [1.82, 2.24) is 5.32 Å². The Morgan fingerprint density at radius 2 is 1.93 bits per heavy atom. The molecule has 2 aromatic carbocycles. The van der Waals surface area contributed by atoms with Crippen molar-refractivity contribution in [3.63, 3.8) is 0 Å². The van der Waals surface area contributed by atoms with Gasteiger partial charge in [0.25, 0.3) is 5.69 Å². The molecule has 1 amide bonds. The summed E-state index contributed by atoms with van der Waals surface area (Å²) in [6.07, 6.45) is 0.946. The predicted molar refractivity (Wildman–Crippen MR) is 109 cm³/mol. The van der Waals surface area contributed by atoms with Gasteiger partial charge in [0.05, 0.1) is 23.5 Å². The van der Waals surface area contributed by atoms with E-state index in [2.05, 4.69) is 5.32 Å². The van der Waals surface area contributed by atoms with Crippen LogP contribution >= 0.6 is 0 Å². The van der Waals surface area contributed by atoms with E-state index in [0.29, 0.717) is 12.4 Å². The molecule has 1 N–H and O–H groups in total. The molecule has 1 atom stereocenters. The molecule has 10 heteroatoms.